The van der Waals surface area contributed by atoms with Crippen molar-refractivity contribution in [2.24, 2.45) is 5.73 Å². The molecule has 0 amide bonds. The molecule has 0 atom stereocenters. The van der Waals surface area contributed by atoms with Gasteiger partial charge in [-0.2, -0.15) is 0 Å². The zero-order chi connectivity index (χ0) is 16.8. The van der Waals surface area contributed by atoms with Crippen LogP contribution in [0.2, 0.25) is 0 Å². The first-order valence-corrected chi connectivity index (χ1v) is 8.93. The van der Waals surface area contributed by atoms with Gasteiger partial charge in [-0.05, 0) is 26.3 Å². The smallest absolute Gasteiger partial charge is 0.187 e. The number of thiazole rings is 1. The molecule has 0 fully saturated rings. The monoisotopic (exact) mass is 347 g/mol. The van der Waals surface area contributed by atoms with Crippen LogP contribution in [0.4, 0.5) is 16.5 Å². The zero-order valence-corrected chi connectivity index (χ0v) is 15.1. The number of nitrogens with one attached hydrogen (secondary N) is 1. The van der Waals surface area contributed by atoms with Gasteiger partial charge >= 0.3 is 0 Å². The van der Waals surface area contributed by atoms with Gasteiger partial charge in [-0.3, -0.25) is 4.98 Å². The molecular formula is C16H21N5S2. The molecule has 0 spiro atoms. The summed E-state index contributed by atoms with van der Waals surface area (Å²) in [5.41, 5.74) is 15.3. The molecule has 0 bridgehead atoms. The fourth-order valence-corrected chi connectivity index (χ4v) is 3.55. The molecule has 122 valence electrons. The summed E-state index contributed by atoms with van der Waals surface area (Å²) in [6.07, 6.45) is 6.26. The van der Waals surface area contributed by atoms with E-state index in [4.69, 9.17) is 11.5 Å². The third kappa shape index (κ3) is 5.01. The van der Waals surface area contributed by atoms with E-state index in [0.717, 1.165) is 32.9 Å². The summed E-state index contributed by atoms with van der Waals surface area (Å²) in [6, 6.07) is 1.83. The van der Waals surface area contributed by atoms with Crippen molar-refractivity contribution in [3.05, 3.63) is 46.2 Å². The van der Waals surface area contributed by atoms with Gasteiger partial charge in [0.15, 0.2) is 5.13 Å². The summed E-state index contributed by atoms with van der Waals surface area (Å²) in [5.74, 6) is 0. The normalized spacial score (nSPS) is 11.3. The van der Waals surface area contributed by atoms with Gasteiger partial charge in [0.1, 0.15) is 0 Å². The number of aromatic nitrogens is 2. The number of anilines is 3. The Kier molecular flexibility index (Phi) is 6.06. The fourth-order valence-electron chi connectivity index (χ4n) is 1.86. The molecule has 0 aromatic carbocycles. The number of pyridine rings is 1. The largest absolute Gasteiger partial charge is 0.397 e. The zero-order valence-electron chi connectivity index (χ0n) is 13.5. The van der Waals surface area contributed by atoms with Crippen molar-refractivity contribution < 1.29 is 0 Å². The minimum Gasteiger partial charge on any atom is -0.397 e. The van der Waals surface area contributed by atoms with Crippen LogP contribution in [0.1, 0.15) is 32.9 Å². The molecule has 5 N–H and O–H groups in total. The van der Waals surface area contributed by atoms with E-state index in [1.165, 1.54) is 16.9 Å². The van der Waals surface area contributed by atoms with Crippen LogP contribution in [0.5, 0.6) is 0 Å². The molecule has 0 aliphatic rings. The molecule has 23 heavy (non-hydrogen) atoms. The highest BCUT2D eigenvalue weighted by molar-refractivity contribution is 8.11. The van der Waals surface area contributed by atoms with E-state index in [0.29, 0.717) is 5.69 Å². The van der Waals surface area contributed by atoms with E-state index in [-0.39, 0.29) is 0 Å². The first-order valence-electron chi connectivity index (χ1n) is 7.24. The second kappa shape index (κ2) is 8.03. The fraction of sp³-hybridized carbons (Fsp3) is 0.250. The second-order valence-electron chi connectivity index (χ2n) is 5.12. The Labute approximate surface area is 144 Å². The van der Waals surface area contributed by atoms with Crippen molar-refractivity contribution in [3.8, 4) is 0 Å². The third-order valence-electron chi connectivity index (χ3n) is 2.83. The maximum atomic E-state index is 6.04. The predicted octanol–water partition coefficient (Wildman–Crippen LogP) is 4.56. The molecule has 2 heterocycles. The SMILES string of the molecule is CC/C=C(\N)SC(=C(C)C)c1csc(Nc2cncc(N)c2)n1. The lowest BCUT2D eigenvalue weighted by Crippen LogP contribution is -1.95. The number of thioether (sulfide) groups is 1. The Morgan fingerprint density at radius 1 is 1.39 bits per heavy atom. The van der Waals surface area contributed by atoms with E-state index in [1.54, 1.807) is 24.2 Å². The number of nitrogens with zero attached hydrogens (tertiary/aromatic N) is 2. The van der Waals surface area contributed by atoms with Crippen LogP contribution < -0.4 is 16.8 Å². The predicted molar refractivity (Wildman–Crippen MR) is 102 cm³/mol. The van der Waals surface area contributed by atoms with Crippen LogP contribution in [0.25, 0.3) is 4.91 Å². The van der Waals surface area contributed by atoms with Crippen LogP contribution in [0.3, 0.4) is 0 Å². The molecule has 0 aliphatic carbocycles. The Bertz CT molecular complexity index is 730. The van der Waals surface area contributed by atoms with E-state index in [9.17, 15) is 0 Å². The number of hydrogen-bond donors (Lipinski definition) is 3. The summed E-state index contributed by atoms with van der Waals surface area (Å²) < 4.78 is 0. The van der Waals surface area contributed by atoms with Gasteiger partial charge in [0.25, 0.3) is 0 Å². The van der Waals surface area contributed by atoms with Crippen LogP contribution in [0.15, 0.2) is 40.5 Å². The number of rotatable bonds is 6. The van der Waals surface area contributed by atoms with Gasteiger partial charge in [-0.25, -0.2) is 4.98 Å². The number of hydrogen-bond acceptors (Lipinski definition) is 7. The summed E-state index contributed by atoms with van der Waals surface area (Å²) in [4.78, 5) is 9.79. The number of allylic oxidation sites excluding steroid dienone is 2. The molecule has 0 unspecified atom stereocenters. The van der Waals surface area contributed by atoms with Crippen molar-refractivity contribution >= 4 is 44.5 Å². The lowest BCUT2D eigenvalue weighted by atomic mass is 10.3. The van der Waals surface area contributed by atoms with Crippen molar-refractivity contribution in [3.63, 3.8) is 0 Å². The minimum atomic E-state index is 0.616. The van der Waals surface area contributed by atoms with Crippen molar-refractivity contribution in [2.75, 3.05) is 11.1 Å². The molecule has 0 saturated carbocycles. The van der Waals surface area contributed by atoms with E-state index < -0.39 is 0 Å². The molecular weight excluding hydrogens is 326 g/mol. The number of nitrogens with two attached hydrogens (primary N) is 2. The van der Waals surface area contributed by atoms with E-state index in [1.807, 2.05) is 17.5 Å². The van der Waals surface area contributed by atoms with Gasteiger partial charge in [0.05, 0.1) is 28.3 Å². The summed E-state index contributed by atoms with van der Waals surface area (Å²) >= 11 is 3.09. The van der Waals surface area contributed by atoms with E-state index >= 15 is 0 Å². The first-order chi connectivity index (χ1) is 11.0. The maximum Gasteiger partial charge on any atom is 0.187 e. The molecule has 5 nitrogen and oxygen atoms in total. The molecule has 2 rings (SSSR count). The Morgan fingerprint density at radius 3 is 2.83 bits per heavy atom. The van der Waals surface area contributed by atoms with Gasteiger partial charge in [-0.1, -0.05) is 30.3 Å². The van der Waals surface area contributed by atoms with Gasteiger partial charge in [0, 0.05) is 16.5 Å². The second-order valence-corrected chi connectivity index (χ2v) is 7.06. The van der Waals surface area contributed by atoms with Gasteiger partial charge < -0.3 is 16.8 Å². The molecule has 0 saturated heterocycles. The molecule has 0 aliphatic heterocycles. The summed E-state index contributed by atoms with van der Waals surface area (Å²) in [7, 11) is 0. The number of nitrogen functional groups attached to an aromatic ring is 1. The molecule has 0 radical (unpaired) electrons. The first kappa shape index (κ1) is 17.4. The standard InChI is InChI=1S/C16H21N5S2/c1-4-5-14(18)23-15(10(2)3)13-9-22-16(21-13)20-12-6-11(17)7-19-8-12/h5-9H,4,17-18H2,1-3H3,(H,20,21)/b14-5+. The van der Waals surface area contributed by atoms with Crippen LogP contribution >= 0.6 is 23.1 Å². The quantitative estimate of drug-likeness (QED) is 0.710. The van der Waals surface area contributed by atoms with Crippen molar-refractivity contribution in [1.82, 2.24) is 9.97 Å². The lowest BCUT2D eigenvalue weighted by molar-refractivity contribution is 1.20. The molecule has 7 heteroatoms. The summed E-state index contributed by atoms with van der Waals surface area (Å²) in [5, 5.41) is 6.84. The van der Waals surface area contributed by atoms with Crippen LogP contribution in [-0.4, -0.2) is 9.97 Å². The minimum absolute atomic E-state index is 0.616. The Balaban J connectivity index is 2.19. The summed E-state index contributed by atoms with van der Waals surface area (Å²) in [6.45, 7) is 6.20. The highest BCUT2D eigenvalue weighted by atomic mass is 32.2. The third-order valence-corrected chi connectivity index (χ3v) is 4.81. The highest BCUT2D eigenvalue weighted by Gasteiger charge is 2.11. The average Bonchev–Trinajstić information content (AvgIpc) is 2.93. The molecule has 2 aromatic rings. The Hall–Kier alpha value is -1.99. The van der Waals surface area contributed by atoms with Crippen LogP contribution in [0, 0.1) is 0 Å². The van der Waals surface area contributed by atoms with Gasteiger partial charge in [-0.15, -0.1) is 11.3 Å². The van der Waals surface area contributed by atoms with Crippen LogP contribution in [-0.2, 0) is 0 Å². The van der Waals surface area contributed by atoms with Crippen molar-refractivity contribution in [1.29, 1.82) is 0 Å². The molecule has 2 aromatic heterocycles. The van der Waals surface area contributed by atoms with Crippen molar-refractivity contribution in [2.45, 2.75) is 27.2 Å². The lowest BCUT2D eigenvalue weighted by Gasteiger charge is -2.07. The Morgan fingerprint density at radius 2 is 2.17 bits per heavy atom. The average molecular weight is 348 g/mol. The topological polar surface area (TPSA) is 89.8 Å². The van der Waals surface area contributed by atoms with E-state index in [2.05, 4.69) is 36.1 Å². The maximum absolute atomic E-state index is 6.04. The van der Waals surface area contributed by atoms with Gasteiger partial charge in [0.2, 0.25) is 0 Å². The highest BCUT2D eigenvalue weighted by Crippen LogP contribution is 2.36.